The Bertz CT molecular complexity index is 1250. The molecule has 2 heterocycles. The summed E-state index contributed by atoms with van der Waals surface area (Å²) in [7, 11) is 1.65. The van der Waals surface area contributed by atoms with Gasteiger partial charge in [0.1, 0.15) is 11.2 Å². The molecule has 1 amide bonds. The van der Waals surface area contributed by atoms with Gasteiger partial charge in [0.05, 0.1) is 38.6 Å². The molecule has 1 aliphatic heterocycles. The molecule has 2 aromatic carbocycles. The van der Waals surface area contributed by atoms with Crippen LogP contribution in [0.5, 0.6) is 5.75 Å². The van der Waals surface area contributed by atoms with E-state index in [4.69, 9.17) is 9.47 Å². The largest absolute Gasteiger partial charge is 0.497 e. The smallest absolute Gasteiger partial charge is 0.251 e. The number of carbonyl (C=O) groups excluding carboxylic acids is 1. The molecule has 3 aromatic rings. The van der Waals surface area contributed by atoms with Crippen LogP contribution in [0.15, 0.2) is 60.8 Å². The van der Waals surface area contributed by atoms with Crippen molar-refractivity contribution in [3.63, 3.8) is 0 Å². The number of methoxy groups -OCH3 is 1. The Morgan fingerprint density at radius 2 is 2.03 bits per heavy atom. The van der Waals surface area contributed by atoms with Crippen LogP contribution >= 0.6 is 0 Å². The van der Waals surface area contributed by atoms with Crippen LogP contribution < -0.4 is 10.1 Å². The highest BCUT2D eigenvalue weighted by Gasteiger charge is 2.33. The second-order valence-corrected chi connectivity index (χ2v) is 8.18. The molecule has 0 unspecified atom stereocenters. The molecule has 166 valence electrons. The minimum atomic E-state index is -0.755. The van der Waals surface area contributed by atoms with E-state index in [0.717, 1.165) is 33.7 Å². The van der Waals surface area contributed by atoms with E-state index in [1.54, 1.807) is 25.4 Å². The lowest BCUT2D eigenvalue weighted by molar-refractivity contribution is 0.0757. The lowest BCUT2D eigenvalue weighted by atomic mass is 9.79. The molecule has 0 saturated heterocycles. The fraction of sp³-hybridized carbons (Fsp3) is 0.222. The van der Waals surface area contributed by atoms with Crippen LogP contribution in [0.2, 0.25) is 0 Å². The Morgan fingerprint density at radius 3 is 2.82 bits per heavy atom. The second kappa shape index (κ2) is 9.68. The van der Waals surface area contributed by atoms with Crippen molar-refractivity contribution in [2.24, 2.45) is 0 Å². The fourth-order valence-corrected chi connectivity index (χ4v) is 3.80. The molecule has 1 N–H and O–H groups in total. The zero-order valence-electron chi connectivity index (χ0n) is 18.7. The van der Waals surface area contributed by atoms with Gasteiger partial charge < -0.3 is 14.8 Å². The molecule has 0 spiro atoms. The van der Waals surface area contributed by atoms with Crippen molar-refractivity contribution in [2.75, 3.05) is 13.7 Å². The molecule has 0 bridgehead atoms. The van der Waals surface area contributed by atoms with Crippen LogP contribution in [0.25, 0.3) is 12.2 Å². The molecule has 1 atom stereocenters. The summed E-state index contributed by atoms with van der Waals surface area (Å²) in [6.45, 7) is 2.91. The van der Waals surface area contributed by atoms with Crippen LogP contribution in [0.3, 0.4) is 0 Å². The molecule has 0 aliphatic carbocycles. The van der Waals surface area contributed by atoms with Crippen molar-refractivity contribution >= 4 is 18.1 Å². The topological polar surface area (TPSA) is 84.2 Å². The van der Waals surface area contributed by atoms with Crippen LogP contribution in [-0.4, -0.2) is 24.6 Å². The number of pyridine rings is 1. The zero-order chi connectivity index (χ0) is 23.3. The van der Waals surface area contributed by atoms with Crippen molar-refractivity contribution in [2.45, 2.75) is 25.5 Å². The monoisotopic (exact) mass is 439 g/mol. The van der Waals surface area contributed by atoms with Gasteiger partial charge in [-0.25, -0.2) is 0 Å². The molecule has 6 nitrogen and oxygen atoms in total. The van der Waals surface area contributed by atoms with Crippen LogP contribution in [-0.2, 0) is 23.3 Å². The summed E-state index contributed by atoms with van der Waals surface area (Å²) >= 11 is 0. The van der Waals surface area contributed by atoms with Gasteiger partial charge in [-0.1, -0.05) is 30.4 Å². The lowest BCUT2D eigenvalue weighted by Crippen LogP contribution is -2.33. The maximum absolute atomic E-state index is 12.8. The SMILES string of the molecule is COc1cccc(/C=C/c2ccnc(CNC(=O)c3ccc4c(c3)[C@](C)(C#N)COC4)c2)c1. The first-order valence-electron chi connectivity index (χ1n) is 10.7. The average molecular weight is 440 g/mol. The standard InChI is InChI=1S/C27H25N3O3/c1-27(17-28)18-33-16-22-9-8-21(14-25(22)27)26(31)30-15-23-12-20(10-11-29-23)7-6-19-4-3-5-24(13-19)32-2/h3-14H,15-16,18H2,1-2H3,(H,30,31)/b7-6+/t27-/m1/s1. The number of rotatable bonds is 6. The van der Waals surface area contributed by atoms with Gasteiger partial charge >= 0.3 is 0 Å². The molecule has 1 aromatic heterocycles. The first-order chi connectivity index (χ1) is 16.0. The number of hydrogen-bond donors (Lipinski definition) is 1. The summed E-state index contributed by atoms with van der Waals surface area (Å²) in [6.07, 6.45) is 5.73. The number of hydrogen-bond acceptors (Lipinski definition) is 5. The van der Waals surface area contributed by atoms with E-state index in [1.807, 2.05) is 61.5 Å². The fourth-order valence-electron chi connectivity index (χ4n) is 3.80. The minimum Gasteiger partial charge on any atom is -0.497 e. The van der Waals surface area contributed by atoms with E-state index < -0.39 is 5.41 Å². The Labute approximate surface area is 193 Å². The van der Waals surface area contributed by atoms with Crippen molar-refractivity contribution in [1.29, 1.82) is 5.26 Å². The van der Waals surface area contributed by atoms with E-state index in [2.05, 4.69) is 16.4 Å². The summed E-state index contributed by atoms with van der Waals surface area (Å²) in [5.41, 5.74) is 4.33. The van der Waals surface area contributed by atoms with Gasteiger partial charge in [0.25, 0.3) is 5.91 Å². The number of benzene rings is 2. The highest BCUT2D eigenvalue weighted by atomic mass is 16.5. The van der Waals surface area contributed by atoms with Crippen LogP contribution in [0, 0.1) is 11.3 Å². The van der Waals surface area contributed by atoms with Crippen molar-refractivity contribution < 1.29 is 14.3 Å². The Morgan fingerprint density at radius 1 is 1.21 bits per heavy atom. The molecular formula is C27H25N3O3. The molecule has 33 heavy (non-hydrogen) atoms. The van der Waals surface area contributed by atoms with Gasteiger partial charge in [0, 0.05) is 11.8 Å². The number of aromatic nitrogens is 1. The second-order valence-electron chi connectivity index (χ2n) is 8.18. The quantitative estimate of drug-likeness (QED) is 0.611. The molecule has 6 heteroatoms. The summed E-state index contributed by atoms with van der Waals surface area (Å²) in [4.78, 5) is 17.1. The zero-order valence-corrected chi connectivity index (χ0v) is 18.7. The third-order valence-corrected chi connectivity index (χ3v) is 5.69. The van der Waals surface area contributed by atoms with Gasteiger partial charge in [-0.3, -0.25) is 9.78 Å². The van der Waals surface area contributed by atoms with Gasteiger partial charge in [0.15, 0.2) is 0 Å². The van der Waals surface area contributed by atoms with Crippen LogP contribution in [0.1, 0.15) is 45.2 Å². The highest BCUT2D eigenvalue weighted by molar-refractivity contribution is 5.94. The number of ether oxygens (including phenoxy) is 2. The first-order valence-corrected chi connectivity index (χ1v) is 10.7. The van der Waals surface area contributed by atoms with Crippen molar-refractivity contribution in [3.8, 4) is 11.8 Å². The summed E-state index contributed by atoms with van der Waals surface area (Å²) in [5, 5.41) is 12.5. The number of nitrogens with zero attached hydrogens (tertiary/aromatic N) is 2. The van der Waals surface area contributed by atoms with E-state index in [-0.39, 0.29) is 5.91 Å². The molecule has 4 rings (SSSR count). The predicted octanol–water partition coefficient (Wildman–Crippen LogP) is 4.50. The molecule has 0 radical (unpaired) electrons. The normalized spacial score (nSPS) is 17.2. The Hall–Kier alpha value is -3.95. The first kappa shape index (κ1) is 22.3. The lowest BCUT2D eigenvalue weighted by Gasteiger charge is -2.30. The predicted molar refractivity (Wildman–Crippen MR) is 126 cm³/mol. The molecular weight excluding hydrogens is 414 g/mol. The van der Waals surface area contributed by atoms with Crippen molar-refractivity contribution in [1.82, 2.24) is 10.3 Å². The third-order valence-electron chi connectivity index (χ3n) is 5.69. The number of fused-ring (bicyclic) bond motifs is 1. The summed E-state index contributed by atoms with van der Waals surface area (Å²) in [6, 6.07) is 19.4. The van der Waals surface area contributed by atoms with Crippen molar-refractivity contribution in [3.05, 3.63) is 94.3 Å². The van der Waals surface area contributed by atoms with Gasteiger partial charge in [-0.05, 0) is 65.6 Å². The molecule has 1 aliphatic rings. The van der Waals surface area contributed by atoms with Gasteiger partial charge in [-0.2, -0.15) is 5.26 Å². The van der Waals surface area contributed by atoms with E-state index in [1.165, 1.54) is 0 Å². The Balaban J connectivity index is 1.44. The van der Waals surface area contributed by atoms with E-state index in [0.29, 0.717) is 25.3 Å². The maximum atomic E-state index is 12.8. The maximum Gasteiger partial charge on any atom is 0.251 e. The number of amides is 1. The minimum absolute atomic E-state index is 0.205. The number of carbonyl (C=O) groups is 1. The molecule has 0 fully saturated rings. The summed E-state index contributed by atoms with van der Waals surface area (Å²) < 4.78 is 10.8. The number of nitrogens with one attached hydrogen (secondary N) is 1. The Kier molecular flexibility index (Phi) is 6.53. The van der Waals surface area contributed by atoms with Gasteiger partial charge in [0.2, 0.25) is 0 Å². The summed E-state index contributed by atoms with van der Waals surface area (Å²) in [5.74, 6) is 0.601. The van der Waals surface area contributed by atoms with Crippen LogP contribution in [0.4, 0.5) is 0 Å². The highest BCUT2D eigenvalue weighted by Crippen LogP contribution is 2.32. The number of nitriles is 1. The van der Waals surface area contributed by atoms with Gasteiger partial charge in [-0.15, -0.1) is 0 Å². The molecule has 0 saturated carbocycles. The van der Waals surface area contributed by atoms with E-state index >= 15 is 0 Å². The average Bonchev–Trinajstić information content (AvgIpc) is 2.86. The van der Waals surface area contributed by atoms with E-state index in [9.17, 15) is 10.1 Å². The third kappa shape index (κ3) is 5.11.